The van der Waals surface area contributed by atoms with Crippen LogP contribution in [-0.4, -0.2) is 49.7 Å². The number of nitrogens with two attached hydrogens (primary N) is 1. The van der Waals surface area contributed by atoms with Gasteiger partial charge in [-0.3, -0.25) is 9.69 Å². The summed E-state index contributed by atoms with van der Waals surface area (Å²) in [5.41, 5.74) is 5.33. The molecule has 0 radical (unpaired) electrons. The van der Waals surface area contributed by atoms with Crippen molar-refractivity contribution in [3.63, 3.8) is 0 Å². The molecular formula is C8H15N3O3. The minimum absolute atomic E-state index is 0.128. The molecule has 80 valence electrons. The summed E-state index contributed by atoms with van der Waals surface area (Å²) in [5.74, 6) is -0.201. The molecule has 1 atom stereocenters. The van der Waals surface area contributed by atoms with Crippen LogP contribution < -0.4 is 11.1 Å². The molecule has 1 rings (SSSR count). The molecule has 14 heavy (non-hydrogen) atoms. The highest BCUT2D eigenvalue weighted by atomic mass is 16.6. The summed E-state index contributed by atoms with van der Waals surface area (Å²) in [6.45, 7) is 1.08. The minimum Gasteiger partial charge on any atom is -0.447 e. The van der Waals surface area contributed by atoms with Gasteiger partial charge in [0.15, 0.2) is 0 Å². The number of hydrogen-bond acceptors (Lipinski definition) is 4. The van der Waals surface area contributed by atoms with Crippen LogP contribution in [-0.2, 0) is 9.53 Å². The number of ether oxygens (including phenoxy) is 1. The first-order valence-electron chi connectivity index (χ1n) is 4.55. The first-order valence-corrected chi connectivity index (χ1v) is 4.55. The van der Waals surface area contributed by atoms with Gasteiger partial charge < -0.3 is 15.8 Å². The van der Waals surface area contributed by atoms with Gasteiger partial charge in [0, 0.05) is 13.6 Å². The Balaban J connectivity index is 2.57. The number of likely N-dealkylation sites (N-methyl/N-ethyl adjacent to an activating group) is 1. The molecule has 0 bridgehead atoms. The summed E-state index contributed by atoms with van der Waals surface area (Å²) < 4.78 is 4.78. The Bertz CT molecular complexity index is 232. The van der Waals surface area contributed by atoms with Gasteiger partial charge in [-0.05, 0) is 13.0 Å². The van der Waals surface area contributed by atoms with Gasteiger partial charge in [0.1, 0.15) is 12.6 Å². The number of hydrogen-bond donors (Lipinski definition) is 2. The van der Waals surface area contributed by atoms with Gasteiger partial charge >= 0.3 is 6.09 Å². The number of nitrogens with zero attached hydrogens (tertiary/aromatic N) is 1. The molecule has 0 unspecified atom stereocenters. The SMILES string of the molecule is CNC(=O)[C@@H]1COC(=O)N1CCCN. The van der Waals surface area contributed by atoms with Gasteiger partial charge in [0.2, 0.25) is 5.91 Å². The van der Waals surface area contributed by atoms with Crippen LogP contribution in [0.5, 0.6) is 0 Å². The van der Waals surface area contributed by atoms with Gasteiger partial charge in [-0.1, -0.05) is 0 Å². The molecule has 6 heteroatoms. The van der Waals surface area contributed by atoms with Crippen LogP contribution in [0.1, 0.15) is 6.42 Å². The Morgan fingerprint density at radius 2 is 2.50 bits per heavy atom. The summed E-state index contributed by atoms with van der Waals surface area (Å²) in [7, 11) is 1.53. The molecular weight excluding hydrogens is 186 g/mol. The highest BCUT2D eigenvalue weighted by Crippen LogP contribution is 2.12. The molecule has 6 nitrogen and oxygen atoms in total. The standard InChI is InChI=1S/C8H15N3O3/c1-10-7(12)6-5-14-8(13)11(6)4-2-3-9/h6H,2-5,9H2,1H3,(H,10,12)/t6-/m0/s1. The Labute approximate surface area is 82.4 Å². The van der Waals surface area contributed by atoms with Gasteiger partial charge in [-0.25, -0.2) is 4.79 Å². The predicted molar refractivity (Wildman–Crippen MR) is 49.6 cm³/mol. The van der Waals surface area contributed by atoms with Crippen molar-refractivity contribution >= 4 is 12.0 Å². The van der Waals surface area contributed by atoms with E-state index in [0.29, 0.717) is 19.5 Å². The molecule has 0 saturated carbocycles. The van der Waals surface area contributed by atoms with E-state index in [0.717, 1.165) is 0 Å². The van der Waals surface area contributed by atoms with Crippen LogP contribution in [0, 0.1) is 0 Å². The Kier molecular flexibility index (Phi) is 3.70. The van der Waals surface area contributed by atoms with Crippen molar-refractivity contribution in [1.29, 1.82) is 0 Å². The van der Waals surface area contributed by atoms with E-state index in [9.17, 15) is 9.59 Å². The minimum atomic E-state index is -0.501. The first-order chi connectivity index (χ1) is 6.70. The first kappa shape index (κ1) is 10.8. The second-order valence-electron chi connectivity index (χ2n) is 3.04. The third kappa shape index (κ3) is 2.14. The summed E-state index contributed by atoms with van der Waals surface area (Å²) in [6, 6.07) is -0.501. The number of carbonyl (C=O) groups is 2. The van der Waals surface area contributed by atoms with E-state index in [-0.39, 0.29) is 12.5 Å². The lowest BCUT2D eigenvalue weighted by Gasteiger charge is -2.19. The molecule has 0 aromatic carbocycles. The molecule has 3 N–H and O–H groups in total. The van der Waals surface area contributed by atoms with Crippen molar-refractivity contribution in [3.05, 3.63) is 0 Å². The van der Waals surface area contributed by atoms with E-state index in [4.69, 9.17) is 10.5 Å². The highest BCUT2D eigenvalue weighted by Gasteiger charge is 2.36. The summed E-state index contributed by atoms with van der Waals surface area (Å²) in [6.07, 6.45) is 0.231. The normalized spacial score (nSPS) is 20.9. The van der Waals surface area contributed by atoms with E-state index in [1.54, 1.807) is 0 Å². The number of rotatable bonds is 4. The molecule has 0 spiro atoms. The summed E-state index contributed by atoms with van der Waals surface area (Å²) in [5, 5.41) is 2.49. The Hall–Kier alpha value is -1.30. The zero-order chi connectivity index (χ0) is 10.6. The number of cyclic esters (lactones) is 1. The Morgan fingerprint density at radius 1 is 1.79 bits per heavy atom. The van der Waals surface area contributed by atoms with E-state index >= 15 is 0 Å². The largest absolute Gasteiger partial charge is 0.447 e. The topological polar surface area (TPSA) is 84.7 Å². The van der Waals surface area contributed by atoms with Gasteiger partial charge in [0.05, 0.1) is 0 Å². The fraction of sp³-hybridized carbons (Fsp3) is 0.750. The van der Waals surface area contributed by atoms with E-state index < -0.39 is 12.1 Å². The molecule has 1 aliphatic heterocycles. The quantitative estimate of drug-likeness (QED) is 0.604. The average Bonchev–Trinajstić information content (AvgIpc) is 2.56. The van der Waals surface area contributed by atoms with E-state index in [1.165, 1.54) is 11.9 Å². The second-order valence-corrected chi connectivity index (χ2v) is 3.04. The van der Waals surface area contributed by atoms with Gasteiger partial charge in [0.25, 0.3) is 0 Å². The van der Waals surface area contributed by atoms with Crippen molar-refractivity contribution in [2.75, 3.05) is 26.7 Å². The zero-order valence-electron chi connectivity index (χ0n) is 8.16. The average molecular weight is 201 g/mol. The predicted octanol–water partition coefficient (Wildman–Crippen LogP) is -1.10. The lowest BCUT2D eigenvalue weighted by atomic mass is 10.2. The van der Waals surface area contributed by atoms with Crippen LogP contribution in [0.15, 0.2) is 0 Å². The maximum absolute atomic E-state index is 11.3. The Morgan fingerprint density at radius 3 is 3.07 bits per heavy atom. The summed E-state index contributed by atoms with van der Waals surface area (Å²) >= 11 is 0. The smallest absolute Gasteiger partial charge is 0.410 e. The van der Waals surface area contributed by atoms with Crippen LogP contribution in [0.25, 0.3) is 0 Å². The fourth-order valence-corrected chi connectivity index (χ4v) is 1.34. The third-order valence-electron chi connectivity index (χ3n) is 2.13. The number of nitrogens with one attached hydrogen (secondary N) is 1. The van der Waals surface area contributed by atoms with E-state index in [1.807, 2.05) is 0 Å². The van der Waals surface area contributed by atoms with Crippen molar-refractivity contribution < 1.29 is 14.3 Å². The second kappa shape index (κ2) is 4.80. The molecule has 2 amide bonds. The monoisotopic (exact) mass is 201 g/mol. The maximum atomic E-state index is 11.3. The number of carbonyl (C=O) groups excluding carboxylic acids is 2. The highest BCUT2D eigenvalue weighted by molar-refractivity contribution is 5.87. The van der Waals surface area contributed by atoms with Crippen LogP contribution >= 0.6 is 0 Å². The zero-order valence-corrected chi connectivity index (χ0v) is 8.16. The fourth-order valence-electron chi connectivity index (χ4n) is 1.34. The van der Waals surface area contributed by atoms with Gasteiger partial charge in [-0.2, -0.15) is 0 Å². The maximum Gasteiger partial charge on any atom is 0.410 e. The van der Waals surface area contributed by atoms with Crippen molar-refractivity contribution in [2.45, 2.75) is 12.5 Å². The van der Waals surface area contributed by atoms with Gasteiger partial charge in [-0.15, -0.1) is 0 Å². The third-order valence-corrected chi connectivity index (χ3v) is 2.13. The van der Waals surface area contributed by atoms with Crippen molar-refractivity contribution in [3.8, 4) is 0 Å². The van der Waals surface area contributed by atoms with Crippen molar-refractivity contribution in [1.82, 2.24) is 10.2 Å². The molecule has 0 aromatic rings. The molecule has 1 aliphatic rings. The summed E-state index contributed by atoms with van der Waals surface area (Å²) in [4.78, 5) is 23.9. The van der Waals surface area contributed by atoms with Crippen LogP contribution in [0.4, 0.5) is 4.79 Å². The van der Waals surface area contributed by atoms with Crippen molar-refractivity contribution in [2.24, 2.45) is 5.73 Å². The lowest BCUT2D eigenvalue weighted by molar-refractivity contribution is -0.124. The molecule has 1 fully saturated rings. The molecule has 0 aromatic heterocycles. The van der Waals surface area contributed by atoms with Crippen LogP contribution in [0.3, 0.4) is 0 Å². The molecule has 0 aliphatic carbocycles. The molecule has 1 saturated heterocycles. The number of amides is 2. The lowest BCUT2D eigenvalue weighted by Crippen LogP contribution is -2.45. The van der Waals surface area contributed by atoms with E-state index in [2.05, 4.69) is 5.32 Å². The van der Waals surface area contributed by atoms with Crippen LogP contribution in [0.2, 0.25) is 0 Å². The molecule has 1 heterocycles.